The van der Waals surface area contributed by atoms with E-state index < -0.39 is 12.5 Å². The van der Waals surface area contributed by atoms with E-state index in [2.05, 4.69) is 0 Å². The maximum absolute atomic E-state index is 9.64. The molecule has 38 valence electrons. The van der Waals surface area contributed by atoms with Crippen molar-refractivity contribution in [1.29, 1.82) is 5.26 Å². The van der Waals surface area contributed by atoms with Crippen molar-refractivity contribution < 1.29 is 39.5 Å². The molecule has 3 nitrogen and oxygen atoms in total. The largest absolute Gasteiger partial charge is 1.00 e. The minimum Gasteiger partial charge on any atom is -0.853 e. The average molecular weight is 121 g/mol. The molecule has 0 rings (SSSR count). The summed E-state index contributed by atoms with van der Waals surface area (Å²) in [6, 6.07) is 1.52. The number of hydrogen-bond acceptors (Lipinski definition) is 3. The molecular weight excluding hydrogens is 117 g/mol. The summed E-state index contributed by atoms with van der Waals surface area (Å²) >= 11 is 0. The molecule has 0 fully saturated rings. The number of aldehydes is 1. The quantitative estimate of drug-likeness (QED) is 0.274. The van der Waals surface area contributed by atoms with Gasteiger partial charge in [-0.3, -0.25) is 0 Å². The summed E-state index contributed by atoms with van der Waals surface area (Å²) in [4.78, 5) is 9.54. The molecule has 0 aliphatic rings. The van der Waals surface area contributed by atoms with Crippen molar-refractivity contribution in [3.05, 3.63) is 0 Å². The first-order valence-electron chi connectivity index (χ1n) is 1.78. The first kappa shape index (κ1) is 11.0. The topological polar surface area (TPSA) is 63.9 Å². The maximum atomic E-state index is 9.64. The van der Waals surface area contributed by atoms with Gasteiger partial charge in [-0.25, -0.2) is 0 Å². The van der Waals surface area contributed by atoms with Gasteiger partial charge in [0, 0.05) is 0 Å². The molecule has 0 aromatic carbocycles. The van der Waals surface area contributed by atoms with E-state index in [4.69, 9.17) is 5.26 Å². The molecule has 0 aromatic heterocycles. The van der Waals surface area contributed by atoms with Gasteiger partial charge in [0.2, 0.25) is 0 Å². The van der Waals surface area contributed by atoms with Crippen LogP contribution in [0.15, 0.2) is 0 Å². The Morgan fingerprint density at radius 1 is 1.88 bits per heavy atom. The van der Waals surface area contributed by atoms with Crippen molar-refractivity contribution in [2.45, 2.75) is 0 Å². The summed E-state index contributed by atoms with van der Waals surface area (Å²) < 4.78 is 0. The zero-order valence-corrected chi connectivity index (χ0v) is 6.63. The van der Waals surface area contributed by atoms with Crippen LogP contribution < -0.4 is 34.7 Å². The predicted molar refractivity (Wildman–Crippen MR) is 20.0 cm³/mol. The van der Waals surface area contributed by atoms with Gasteiger partial charge in [-0.05, 0) is 0 Å². The van der Waals surface area contributed by atoms with E-state index in [1.807, 2.05) is 0 Å². The molecule has 0 aromatic rings. The van der Waals surface area contributed by atoms with Crippen molar-refractivity contribution in [3.8, 4) is 6.07 Å². The fourth-order valence-electron chi connectivity index (χ4n) is 0.107. The molecule has 0 amide bonds. The van der Waals surface area contributed by atoms with E-state index in [-0.39, 0.29) is 29.6 Å². The van der Waals surface area contributed by atoms with Gasteiger partial charge in [0.25, 0.3) is 0 Å². The van der Waals surface area contributed by atoms with Crippen LogP contribution in [0.5, 0.6) is 0 Å². The van der Waals surface area contributed by atoms with E-state index in [1.165, 1.54) is 6.07 Å². The van der Waals surface area contributed by atoms with E-state index in [9.17, 15) is 9.90 Å². The van der Waals surface area contributed by atoms with Crippen molar-refractivity contribution in [1.82, 2.24) is 0 Å². The summed E-state index contributed by atoms with van der Waals surface area (Å²) in [6.07, 6.45) is 0.354. The Hall–Kier alpha value is 0.120. The molecule has 0 saturated heterocycles. The van der Waals surface area contributed by atoms with Crippen LogP contribution in [0.1, 0.15) is 0 Å². The third-order valence-corrected chi connectivity index (χ3v) is 0.510. The van der Waals surface area contributed by atoms with Crippen LogP contribution in [0.2, 0.25) is 0 Å². The van der Waals surface area contributed by atoms with E-state index in [1.54, 1.807) is 0 Å². The number of rotatable bonds is 2. The van der Waals surface area contributed by atoms with Crippen LogP contribution in [0.4, 0.5) is 0 Å². The summed E-state index contributed by atoms with van der Waals surface area (Å²) in [5, 5.41) is 17.5. The molecule has 0 bridgehead atoms. The van der Waals surface area contributed by atoms with Crippen LogP contribution >= 0.6 is 0 Å². The summed E-state index contributed by atoms with van der Waals surface area (Å²) in [6.45, 7) is -0.625. The molecule has 0 radical (unpaired) electrons. The van der Waals surface area contributed by atoms with Crippen molar-refractivity contribution in [3.63, 3.8) is 0 Å². The van der Waals surface area contributed by atoms with Crippen molar-refractivity contribution in [2.75, 3.05) is 6.61 Å². The van der Waals surface area contributed by atoms with Gasteiger partial charge in [-0.1, -0.05) is 0 Å². The zero-order chi connectivity index (χ0) is 5.70. The Morgan fingerprint density at radius 3 is 2.38 bits per heavy atom. The molecule has 0 N–H and O–H groups in total. The normalized spacial score (nSPS) is 10.5. The molecule has 4 heteroatoms. The van der Waals surface area contributed by atoms with Crippen LogP contribution in [-0.2, 0) is 4.79 Å². The van der Waals surface area contributed by atoms with Gasteiger partial charge in [-0.15, -0.1) is 6.61 Å². The molecule has 0 saturated carbocycles. The number of hydrogen-bond donors (Lipinski definition) is 0. The third-order valence-electron chi connectivity index (χ3n) is 0.510. The van der Waals surface area contributed by atoms with Gasteiger partial charge >= 0.3 is 29.6 Å². The number of carbonyl (C=O) groups excluding carboxylic acids is 1. The Morgan fingerprint density at radius 2 is 2.38 bits per heavy atom. The Labute approximate surface area is 69.6 Å². The van der Waals surface area contributed by atoms with E-state index in [0.717, 1.165) is 0 Å². The fourth-order valence-corrected chi connectivity index (χ4v) is 0.107. The predicted octanol–water partition coefficient (Wildman–Crippen LogP) is -4.31. The van der Waals surface area contributed by atoms with Crippen molar-refractivity contribution >= 4 is 6.29 Å². The van der Waals surface area contributed by atoms with Gasteiger partial charge in [0.1, 0.15) is 6.29 Å². The second-order valence-corrected chi connectivity index (χ2v) is 1.04. The standard InChI is InChI=1S/C4H4NO2.Na/c5-1-4(2-6)3-7;/h2,4H,3H2;/q-1;+1. The summed E-state index contributed by atoms with van der Waals surface area (Å²) in [7, 11) is 0. The smallest absolute Gasteiger partial charge is 0.853 e. The molecule has 0 heterocycles. The fraction of sp³-hybridized carbons (Fsp3) is 0.500. The molecule has 1 unspecified atom stereocenters. The van der Waals surface area contributed by atoms with Crippen LogP contribution in [0.3, 0.4) is 0 Å². The number of nitrogens with zero attached hydrogens (tertiary/aromatic N) is 1. The minimum atomic E-state index is -0.944. The molecule has 1 atom stereocenters. The zero-order valence-electron chi connectivity index (χ0n) is 4.63. The molecular formula is C4H4NNaO2. The van der Waals surface area contributed by atoms with Gasteiger partial charge in [0.05, 0.1) is 12.0 Å². The third kappa shape index (κ3) is 4.28. The second kappa shape index (κ2) is 7.12. The van der Waals surface area contributed by atoms with Gasteiger partial charge in [0.15, 0.2) is 0 Å². The molecule has 0 aliphatic heterocycles. The van der Waals surface area contributed by atoms with Gasteiger partial charge < -0.3 is 9.90 Å². The Kier molecular flexibility index (Phi) is 9.78. The Balaban J connectivity index is 0. The van der Waals surface area contributed by atoms with Crippen LogP contribution in [-0.4, -0.2) is 12.9 Å². The summed E-state index contributed by atoms with van der Waals surface area (Å²) in [5.41, 5.74) is 0. The van der Waals surface area contributed by atoms with Crippen LogP contribution in [0, 0.1) is 17.2 Å². The number of nitriles is 1. The van der Waals surface area contributed by atoms with Crippen molar-refractivity contribution in [2.24, 2.45) is 5.92 Å². The van der Waals surface area contributed by atoms with Gasteiger partial charge in [-0.2, -0.15) is 5.26 Å². The van der Waals surface area contributed by atoms with E-state index >= 15 is 0 Å². The first-order valence-corrected chi connectivity index (χ1v) is 1.78. The minimum absolute atomic E-state index is 0. The molecule has 0 aliphatic carbocycles. The van der Waals surface area contributed by atoms with E-state index in [0.29, 0.717) is 6.29 Å². The first-order chi connectivity index (χ1) is 3.35. The summed E-state index contributed by atoms with van der Waals surface area (Å²) in [5.74, 6) is -0.944. The maximum Gasteiger partial charge on any atom is 1.00 e. The number of carbonyl (C=O) groups is 1. The molecule has 0 spiro atoms. The second-order valence-electron chi connectivity index (χ2n) is 1.04. The average Bonchev–Trinajstić information content (AvgIpc) is 1.72. The Bertz CT molecular complexity index is 98.7. The monoisotopic (exact) mass is 121 g/mol. The SMILES string of the molecule is N#CC(C=O)C[O-].[Na+]. The molecule has 8 heavy (non-hydrogen) atoms. The van der Waals surface area contributed by atoms with Crippen LogP contribution in [0.25, 0.3) is 0 Å².